The summed E-state index contributed by atoms with van der Waals surface area (Å²) in [5.41, 5.74) is 1.24. The Kier molecular flexibility index (Phi) is 4.59. The molecule has 1 amide bonds. The first-order valence-corrected chi connectivity index (χ1v) is 9.08. The number of nitro groups is 1. The molecule has 0 unspecified atom stereocenters. The third kappa shape index (κ3) is 3.71. The van der Waals surface area contributed by atoms with Gasteiger partial charge in [0.05, 0.1) is 16.8 Å². The van der Waals surface area contributed by atoms with E-state index in [9.17, 15) is 14.9 Å². The number of carbonyl (C=O) groups excluding carboxylic acids is 1. The number of aromatic amines is 1. The Morgan fingerprint density at radius 1 is 1.40 bits per heavy atom. The standard InChI is InChI=1S/C16H21N5O3S/c1-16(2,3)12-9-25-14(17-12)10-4-6-20(7-5-10)15(22)11-8-13(19-18-11)21(23)24/h8-10H,4-7H2,1-3H3,(H,18,19). The van der Waals surface area contributed by atoms with Gasteiger partial charge in [-0.2, -0.15) is 0 Å². The van der Waals surface area contributed by atoms with Crippen LogP contribution < -0.4 is 0 Å². The number of carbonyl (C=O) groups is 1. The van der Waals surface area contributed by atoms with Crippen LogP contribution in [0.2, 0.25) is 0 Å². The third-order valence-electron chi connectivity index (χ3n) is 4.40. The zero-order valence-electron chi connectivity index (χ0n) is 14.5. The first-order valence-electron chi connectivity index (χ1n) is 8.20. The van der Waals surface area contributed by atoms with Crippen LogP contribution >= 0.6 is 11.3 Å². The second-order valence-electron chi connectivity index (χ2n) is 7.28. The summed E-state index contributed by atoms with van der Waals surface area (Å²) < 4.78 is 0. The zero-order valence-corrected chi connectivity index (χ0v) is 15.3. The Bertz CT molecular complexity index is 784. The van der Waals surface area contributed by atoms with Crippen LogP contribution in [-0.4, -0.2) is 44.0 Å². The van der Waals surface area contributed by atoms with E-state index in [-0.39, 0.29) is 22.8 Å². The maximum Gasteiger partial charge on any atom is 0.343 e. The normalized spacial score (nSPS) is 16.2. The monoisotopic (exact) mass is 363 g/mol. The molecule has 0 aliphatic carbocycles. The number of aromatic nitrogens is 3. The molecule has 8 nitrogen and oxygen atoms in total. The van der Waals surface area contributed by atoms with Gasteiger partial charge in [0, 0.05) is 29.8 Å². The molecule has 0 saturated carbocycles. The molecule has 1 saturated heterocycles. The van der Waals surface area contributed by atoms with Crippen LogP contribution in [0.4, 0.5) is 5.82 Å². The van der Waals surface area contributed by atoms with Gasteiger partial charge < -0.3 is 15.0 Å². The number of thiazole rings is 1. The summed E-state index contributed by atoms with van der Waals surface area (Å²) in [4.78, 5) is 29.0. The Morgan fingerprint density at radius 2 is 2.08 bits per heavy atom. The SMILES string of the molecule is CC(C)(C)c1csc(C2CCN(C(=O)c3cc([N+](=O)[O-])[nH]n3)CC2)n1. The maximum atomic E-state index is 12.4. The predicted molar refractivity (Wildman–Crippen MR) is 93.9 cm³/mol. The molecule has 1 aliphatic rings. The minimum Gasteiger partial charge on any atom is -0.358 e. The van der Waals surface area contributed by atoms with Crippen molar-refractivity contribution < 1.29 is 9.72 Å². The van der Waals surface area contributed by atoms with E-state index in [0.717, 1.165) is 23.5 Å². The molecule has 1 aliphatic heterocycles. The number of likely N-dealkylation sites (tertiary alicyclic amines) is 1. The third-order valence-corrected chi connectivity index (χ3v) is 5.41. The lowest BCUT2D eigenvalue weighted by atomic mass is 9.93. The Hall–Kier alpha value is -2.29. The zero-order chi connectivity index (χ0) is 18.2. The minimum atomic E-state index is -0.592. The average molecular weight is 363 g/mol. The molecule has 0 spiro atoms. The Labute approximate surface area is 149 Å². The number of piperidine rings is 1. The molecule has 9 heteroatoms. The first kappa shape index (κ1) is 17.5. The van der Waals surface area contributed by atoms with Gasteiger partial charge >= 0.3 is 5.82 Å². The van der Waals surface area contributed by atoms with E-state index in [2.05, 4.69) is 36.3 Å². The van der Waals surface area contributed by atoms with E-state index >= 15 is 0 Å². The number of rotatable bonds is 3. The fraction of sp³-hybridized carbons (Fsp3) is 0.562. The van der Waals surface area contributed by atoms with Gasteiger partial charge in [0.1, 0.15) is 0 Å². The molecule has 1 fully saturated rings. The number of nitrogens with zero attached hydrogens (tertiary/aromatic N) is 4. The summed E-state index contributed by atoms with van der Waals surface area (Å²) in [6.07, 6.45) is 1.69. The summed E-state index contributed by atoms with van der Waals surface area (Å²) in [6.45, 7) is 7.66. The molecule has 25 heavy (non-hydrogen) atoms. The van der Waals surface area contributed by atoms with Crippen LogP contribution in [0.5, 0.6) is 0 Å². The molecule has 0 aromatic carbocycles. The van der Waals surface area contributed by atoms with Gasteiger partial charge in [0.25, 0.3) is 5.91 Å². The van der Waals surface area contributed by atoms with Crippen molar-refractivity contribution in [3.05, 3.63) is 38.0 Å². The quantitative estimate of drug-likeness (QED) is 0.666. The van der Waals surface area contributed by atoms with Gasteiger partial charge in [-0.1, -0.05) is 25.9 Å². The van der Waals surface area contributed by atoms with Crippen molar-refractivity contribution >= 4 is 23.1 Å². The number of hydrogen-bond donors (Lipinski definition) is 1. The van der Waals surface area contributed by atoms with E-state index in [0.29, 0.717) is 19.0 Å². The van der Waals surface area contributed by atoms with Crippen molar-refractivity contribution in [1.29, 1.82) is 0 Å². The molecular formula is C16H21N5O3S. The van der Waals surface area contributed by atoms with E-state index < -0.39 is 4.92 Å². The van der Waals surface area contributed by atoms with Crippen LogP contribution in [0.15, 0.2) is 11.4 Å². The van der Waals surface area contributed by atoms with Crippen LogP contribution in [0.3, 0.4) is 0 Å². The Morgan fingerprint density at radius 3 is 2.60 bits per heavy atom. The summed E-state index contributed by atoms with van der Waals surface area (Å²) in [6, 6.07) is 1.19. The van der Waals surface area contributed by atoms with Crippen molar-refractivity contribution in [3.63, 3.8) is 0 Å². The van der Waals surface area contributed by atoms with Crippen LogP contribution in [-0.2, 0) is 5.41 Å². The molecule has 1 N–H and O–H groups in total. The Balaban J connectivity index is 1.62. The lowest BCUT2D eigenvalue weighted by Gasteiger charge is -2.30. The van der Waals surface area contributed by atoms with Gasteiger partial charge in [-0.15, -0.1) is 16.4 Å². The maximum absolute atomic E-state index is 12.4. The second-order valence-corrected chi connectivity index (χ2v) is 8.17. The molecule has 0 atom stereocenters. The van der Waals surface area contributed by atoms with E-state index in [1.165, 1.54) is 6.07 Å². The summed E-state index contributed by atoms with van der Waals surface area (Å²) in [5.74, 6) is -0.174. The van der Waals surface area contributed by atoms with E-state index in [1.807, 2.05) is 0 Å². The topological polar surface area (TPSA) is 105 Å². The van der Waals surface area contributed by atoms with E-state index in [4.69, 9.17) is 4.98 Å². The van der Waals surface area contributed by atoms with Crippen molar-refractivity contribution in [2.45, 2.75) is 44.9 Å². The van der Waals surface area contributed by atoms with Gasteiger partial charge in [0.2, 0.25) is 0 Å². The van der Waals surface area contributed by atoms with Crippen LogP contribution in [0.25, 0.3) is 0 Å². The lowest BCUT2D eigenvalue weighted by Crippen LogP contribution is -2.38. The highest BCUT2D eigenvalue weighted by Crippen LogP contribution is 2.33. The number of amides is 1. The molecule has 2 aromatic heterocycles. The number of nitrogens with one attached hydrogen (secondary N) is 1. The van der Waals surface area contributed by atoms with Gasteiger partial charge in [-0.3, -0.25) is 4.79 Å². The molecule has 2 aromatic rings. The minimum absolute atomic E-state index is 0.0418. The summed E-state index contributed by atoms with van der Waals surface area (Å²) in [7, 11) is 0. The molecule has 0 radical (unpaired) electrons. The largest absolute Gasteiger partial charge is 0.358 e. The van der Waals surface area contributed by atoms with Crippen LogP contribution in [0.1, 0.15) is 60.7 Å². The van der Waals surface area contributed by atoms with Gasteiger partial charge in [0.15, 0.2) is 5.69 Å². The number of H-pyrrole nitrogens is 1. The molecule has 0 bridgehead atoms. The van der Waals surface area contributed by atoms with Crippen LogP contribution in [0, 0.1) is 10.1 Å². The van der Waals surface area contributed by atoms with Gasteiger partial charge in [-0.05, 0) is 17.8 Å². The van der Waals surface area contributed by atoms with Crippen molar-refractivity contribution in [1.82, 2.24) is 20.1 Å². The average Bonchev–Trinajstić information content (AvgIpc) is 3.23. The van der Waals surface area contributed by atoms with E-state index in [1.54, 1.807) is 16.2 Å². The fourth-order valence-electron chi connectivity index (χ4n) is 2.83. The van der Waals surface area contributed by atoms with Gasteiger partial charge in [-0.25, -0.2) is 4.98 Å². The smallest absolute Gasteiger partial charge is 0.343 e. The fourth-order valence-corrected chi connectivity index (χ4v) is 4.04. The highest BCUT2D eigenvalue weighted by molar-refractivity contribution is 7.09. The molecule has 134 valence electrons. The molecule has 3 rings (SSSR count). The van der Waals surface area contributed by atoms with Crippen molar-refractivity contribution in [3.8, 4) is 0 Å². The highest BCUT2D eigenvalue weighted by Gasteiger charge is 2.29. The number of hydrogen-bond acceptors (Lipinski definition) is 6. The molecular weight excluding hydrogens is 342 g/mol. The van der Waals surface area contributed by atoms with Crippen molar-refractivity contribution in [2.24, 2.45) is 0 Å². The van der Waals surface area contributed by atoms with Crippen molar-refractivity contribution in [2.75, 3.05) is 13.1 Å². The summed E-state index contributed by atoms with van der Waals surface area (Å²) >= 11 is 1.69. The predicted octanol–water partition coefficient (Wildman–Crippen LogP) is 3.09. The summed E-state index contributed by atoms with van der Waals surface area (Å²) in [5, 5.41) is 20.0. The first-order chi connectivity index (χ1) is 11.8. The highest BCUT2D eigenvalue weighted by atomic mass is 32.1. The lowest BCUT2D eigenvalue weighted by molar-refractivity contribution is -0.389. The molecule has 3 heterocycles. The second kappa shape index (κ2) is 6.55.